The molecule has 34 heavy (non-hydrogen) atoms. The Kier molecular flexibility index (Phi) is 5.56. The van der Waals surface area contributed by atoms with Gasteiger partial charge in [0.25, 0.3) is 15.9 Å². The van der Waals surface area contributed by atoms with Gasteiger partial charge < -0.3 is 10.6 Å². The summed E-state index contributed by atoms with van der Waals surface area (Å²) in [5.41, 5.74) is 6.57. The third-order valence-corrected chi connectivity index (χ3v) is 8.35. The van der Waals surface area contributed by atoms with Crippen molar-refractivity contribution in [3.8, 4) is 0 Å². The van der Waals surface area contributed by atoms with E-state index in [2.05, 4.69) is 5.10 Å². The second kappa shape index (κ2) is 8.31. The molecule has 2 aromatic heterocycles. The van der Waals surface area contributed by atoms with Crippen LogP contribution in [-0.4, -0.2) is 48.4 Å². The van der Waals surface area contributed by atoms with Crippen LogP contribution in [0.1, 0.15) is 47.6 Å². The van der Waals surface area contributed by atoms with Gasteiger partial charge >= 0.3 is 0 Å². The van der Waals surface area contributed by atoms with Crippen LogP contribution in [0.5, 0.6) is 0 Å². The highest BCUT2D eigenvalue weighted by atomic mass is 32.2. The lowest BCUT2D eigenvalue weighted by Gasteiger charge is -2.27. The van der Waals surface area contributed by atoms with Crippen LogP contribution in [0.25, 0.3) is 5.52 Å². The first-order valence-corrected chi connectivity index (χ1v) is 12.6. The number of nitrogens with two attached hydrogens (primary N) is 1. The van der Waals surface area contributed by atoms with Gasteiger partial charge in [-0.3, -0.25) is 4.79 Å². The van der Waals surface area contributed by atoms with Crippen LogP contribution in [0.3, 0.4) is 0 Å². The summed E-state index contributed by atoms with van der Waals surface area (Å²) in [4.78, 5) is 14.3. The van der Waals surface area contributed by atoms with E-state index in [1.165, 1.54) is 21.9 Å². The molecule has 3 heterocycles. The Bertz CT molecular complexity index is 1390. The first kappa shape index (κ1) is 22.7. The minimum absolute atomic E-state index is 0.183. The molecule has 1 unspecified atom stereocenters. The maximum atomic E-state index is 14.5. The van der Waals surface area contributed by atoms with Crippen molar-refractivity contribution in [2.45, 2.75) is 36.8 Å². The van der Waals surface area contributed by atoms with E-state index in [0.29, 0.717) is 31.1 Å². The monoisotopic (exact) mass is 489 g/mol. The van der Waals surface area contributed by atoms with Crippen molar-refractivity contribution < 1.29 is 22.0 Å². The van der Waals surface area contributed by atoms with E-state index in [1.54, 1.807) is 18.3 Å². The fourth-order valence-corrected chi connectivity index (χ4v) is 6.04. The summed E-state index contributed by atoms with van der Waals surface area (Å²) in [7, 11) is -2.56. The van der Waals surface area contributed by atoms with E-state index >= 15 is 0 Å². The van der Waals surface area contributed by atoms with Crippen LogP contribution in [0.2, 0.25) is 0 Å². The average Bonchev–Trinajstić information content (AvgIpc) is 3.32. The number of pyridine rings is 1. The number of anilines is 1. The fourth-order valence-electron chi connectivity index (χ4n) is 4.68. The number of hydrogen-bond donors (Lipinski definition) is 1. The lowest BCUT2D eigenvalue weighted by molar-refractivity contribution is 0.0998. The normalized spacial score (nSPS) is 18.8. The number of nitrogens with zero attached hydrogens (tertiary/aromatic N) is 4. The maximum Gasteiger partial charge on any atom is 0.263 e. The second-order valence-electron chi connectivity index (χ2n) is 9.01. The molecule has 0 radical (unpaired) electrons. The Morgan fingerprint density at radius 2 is 1.97 bits per heavy atom. The van der Waals surface area contributed by atoms with Crippen LogP contribution < -0.4 is 10.6 Å². The molecule has 1 saturated heterocycles. The molecule has 0 bridgehead atoms. The zero-order chi connectivity index (χ0) is 24.2. The standard InChI is InChI=1S/C23H25F2N5O3S/c1-28(13-14-4-5-14)34(32,33)23-21(22(26)31)20-12-16(8-10-30(20)27-23)29-9-2-3-19(29)17-11-15(24)6-7-18(17)25/h6-8,10-12,14,19H,2-5,9,13H2,1H3,(H2,26,31). The Hall–Kier alpha value is -3.05. The summed E-state index contributed by atoms with van der Waals surface area (Å²) in [6.45, 7) is 0.945. The Morgan fingerprint density at radius 1 is 1.21 bits per heavy atom. The Morgan fingerprint density at radius 3 is 2.68 bits per heavy atom. The molecule has 1 aliphatic carbocycles. The SMILES string of the molecule is CN(CC1CC1)S(=O)(=O)c1nn2ccc(N3CCCC3c3cc(F)ccc3F)cc2c1C(N)=O. The second-order valence-corrected chi connectivity index (χ2v) is 11.0. The van der Waals surface area contributed by atoms with E-state index in [0.717, 1.165) is 31.4 Å². The molecule has 1 atom stereocenters. The van der Waals surface area contributed by atoms with E-state index < -0.39 is 33.6 Å². The molecule has 1 aromatic carbocycles. The van der Waals surface area contributed by atoms with Crippen molar-refractivity contribution in [2.24, 2.45) is 11.7 Å². The maximum absolute atomic E-state index is 14.5. The number of carbonyl (C=O) groups is 1. The highest BCUT2D eigenvalue weighted by molar-refractivity contribution is 7.89. The van der Waals surface area contributed by atoms with Crippen LogP contribution >= 0.6 is 0 Å². The van der Waals surface area contributed by atoms with Crippen LogP contribution in [0, 0.1) is 17.6 Å². The molecule has 11 heteroatoms. The van der Waals surface area contributed by atoms with Crippen molar-refractivity contribution in [3.05, 3.63) is 59.3 Å². The van der Waals surface area contributed by atoms with Gasteiger partial charge in [0.1, 0.15) is 17.2 Å². The van der Waals surface area contributed by atoms with Crippen molar-refractivity contribution >= 4 is 27.1 Å². The fraction of sp³-hybridized carbons (Fsp3) is 0.391. The lowest BCUT2D eigenvalue weighted by Crippen LogP contribution is -2.31. The summed E-state index contributed by atoms with van der Waals surface area (Å²) >= 11 is 0. The largest absolute Gasteiger partial charge is 0.365 e. The highest BCUT2D eigenvalue weighted by Crippen LogP contribution is 2.38. The molecule has 8 nitrogen and oxygen atoms in total. The predicted molar refractivity (Wildman–Crippen MR) is 122 cm³/mol. The van der Waals surface area contributed by atoms with E-state index in [9.17, 15) is 22.0 Å². The molecule has 1 amide bonds. The van der Waals surface area contributed by atoms with Crippen molar-refractivity contribution in [1.82, 2.24) is 13.9 Å². The third kappa shape index (κ3) is 3.92. The van der Waals surface area contributed by atoms with Gasteiger partial charge in [-0.1, -0.05) is 0 Å². The number of sulfonamides is 1. The molecule has 2 aliphatic rings. The summed E-state index contributed by atoms with van der Waals surface area (Å²) in [5.74, 6) is -1.60. The Balaban J connectivity index is 1.57. The van der Waals surface area contributed by atoms with Crippen molar-refractivity contribution in [1.29, 1.82) is 0 Å². The molecular formula is C23H25F2N5O3S. The van der Waals surface area contributed by atoms with Crippen LogP contribution in [-0.2, 0) is 10.0 Å². The number of hydrogen-bond acceptors (Lipinski definition) is 5. The zero-order valence-corrected chi connectivity index (χ0v) is 19.4. The minimum atomic E-state index is -4.03. The van der Waals surface area contributed by atoms with Gasteiger partial charge in [-0.15, -0.1) is 0 Å². The smallest absolute Gasteiger partial charge is 0.263 e. The number of carbonyl (C=O) groups excluding carboxylic acids is 1. The van der Waals surface area contributed by atoms with Gasteiger partial charge in [0.15, 0.2) is 0 Å². The van der Waals surface area contributed by atoms with Gasteiger partial charge in [0.05, 0.1) is 11.6 Å². The van der Waals surface area contributed by atoms with Gasteiger partial charge in [0, 0.05) is 37.6 Å². The number of amides is 1. The first-order valence-electron chi connectivity index (χ1n) is 11.2. The molecule has 3 aromatic rings. The highest BCUT2D eigenvalue weighted by Gasteiger charge is 2.35. The summed E-state index contributed by atoms with van der Waals surface area (Å²) in [5, 5.41) is 3.80. The van der Waals surface area contributed by atoms with Gasteiger partial charge in [0.2, 0.25) is 5.03 Å². The number of rotatable bonds is 7. The van der Waals surface area contributed by atoms with Gasteiger partial charge in [-0.05, 0) is 61.9 Å². The van der Waals surface area contributed by atoms with Crippen LogP contribution in [0.15, 0.2) is 41.6 Å². The summed E-state index contributed by atoms with van der Waals surface area (Å²) < 4.78 is 57.2. The van der Waals surface area contributed by atoms with E-state index in [4.69, 9.17) is 5.73 Å². The molecule has 180 valence electrons. The number of benzene rings is 1. The lowest BCUT2D eigenvalue weighted by atomic mass is 10.0. The Labute approximate surface area is 196 Å². The molecule has 1 saturated carbocycles. The number of fused-ring (bicyclic) bond motifs is 1. The number of aromatic nitrogens is 2. The summed E-state index contributed by atoms with van der Waals surface area (Å²) in [6.07, 6.45) is 4.88. The number of primary amides is 1. The van der Waals surface area contributed by atoms with Crippen molar-refractivity contribution in [2.75, 3.05) is 25.0 Å². The van der Waals surface area contributed by atoms with E-state index in [-0.39, 0.29) is 21.7 Å². The first-order chi connectivity index (χ1) is 16.2. The third-order valence-electron chi connectivity index (χ3n) is 6.60. The molecule has 2 N–H and O–H groups in total. The number of halogens is 2. The molecule has 1 aliphatic heterocycles. The molecule has 0 spiro atoms. The predicted octanol–water partition coefficient (Wildman–Crippen LogP) is 3.08. The zero-order valence-electron chi connectivity index (χ0n) is 18.6. The molecule has 5 rings (SSSR count). The van der Waals surface area contributed by atoms with Gasteiger partial charge in [-0.25, -0.2) is 21.7 Å². The van der Waals surface area contributed by atoms with Gasteiger partial charge in [-0.2, -0.15) is 9.40 Å². The quantitative estimate of drug-likeness (QED) is 0.550. The molecular weight excluding hydrogens is 464 g/mol. The van der Waals surface area contributed by atoms with Crippen molar-refractivity contribution in [3.63, 3.8) is 0 Å². The topological polar surface area (TPSA) is 101 Å². The molecule has 2 fully saturated rings. The average molecular weight is 490 g/mol. The minimum Gasteiger partial charge on any atom is -0.365 e. The summed E-state index contributed by atoms with van der Waals surface area (Å²) in [6, 6.07) is 6.34. The van der Waals surface area contributed by atoms with E-state index in [1.807, 2.05) is 4.90 Å². The van der Waals surface area contributed by atoms with Crippen LogP contribution in [0.4, 0.5) is 14.5 Å².